The highest BCUT2D eigenvalue weighted by atomic mass is 32.2. The Labute approximate surface area is 123 Å². The van der Waals surface area contributed by atoms with Gasteiger partial charge in [0.1, 0.15) is 0 Å². The molecule has 0 saturated carbocycles. The summed E-state index contributed by atoms with van der Waals surface area (Å²) in [5.74, 6) is 0.495. The van der Waals surface area contributed by atoms with Crippen LogP contribution in [0.3, 0.4) is 0 Å². The maximum atomic E-state index is 12.3. The minimum atomic E-state index is 0.127. The van der Waals surface area contributed by atoms with Crippen LogP contribution >= 0.6 is 11.8 Å². The van der Waals surface area contributed by atoms with E-state index >= 15 is 0 Å². The molecule has 0 amide bonds. The molecule has 20 heavy (non-hydrogen) atoms. The number of ketones is 1. The molecule has 0 fully saturated rings. The predicted octanol–water partition coefficient (Wildman–Crippen LogP) is 3.45. The fourth-order valence-electron chi connectivity index (χ4n) is 2.42. The van der Waals surface area contributed by atoms with E-state index in [0.29, 0.717) is 17.0 Å². The van der Waals surface area contributed by atoms with Gasteiger partial charge < -0.3 is 4.57 Å². The molecule has 0 aliphatic rings. The summed E-state index contributed by atoms with van der Waals surface area (Å²) < 4.78 is 2.19. The highest BCUT2D eigenvalue weighted by Crippen LogP contribution is 2.22. The molecule has 5 heteroatoms. The molecule has 2 aromatic heterocycles. The van der Waals surface area contributed by atoms with Gasteiger partial charge in [-0.1, -0.05) is 11.8 Å². The third-order valence-corrected chi connectivity index (χ3v) is 4.05. The number of thioether (sulfide) groups is 1. The number of carbonyl (C=O) groups excluding carboxylic acids is 1. The molecule has 0 aliphatic heterocycles. The average molecular weight is 289 g/mol. The smallest absolute Gasteiger partial charge is 0.187 e. The summed E-state index contributed by atoms with van der Waals surface area (Å²) in [6.45, 7) is 8.29. The van der Waals surface area contributed by atoms with Crippen LogP contribution in [-0.2, 0) is 0 Å². The molecule has 2 rings (SSSR count). The van der Waals surface area contributed by atoms with E-state index in [-0.39, 0.29) is 5.78 Å². The second kappa shape index (κ2) is 6.22. The summed E-state index contributed by atoms with van der Waals surface area (Å²) in [4.78, 5) is 20.6. The SMILES string of the molecule is Cc1cc(C(=O)CSc2ncccn2)c(C)n1C(C)C. The fraction of sp³-hybridized carbons (Fsp3) is 0.400. The minimum absolute atomic E-state index is 0.127. The van der Waals surface area contributed by atoms with E-state index in [2.05, 4.69) is 28.4 Å². The number of nitrogens with zero attached hydrogens (tertiary/aromatic N) is 3. The largest absolute Gasteiger partial charge is 0.346 e. The summed E-state index contributed by atoms with van der Waals surface area (Å²) in [5.41, 5.74) is 2.97. The molecular formula is C15H19N3OS. The van der Waals surface area contributed by atoms with Crippen molar-refractivity contribution in [2.45, 2.75) is 38.9 Å². The molecule has 0 aromatic carbocycles. The van der Waals surface area contributed by atoms with Crippen molar-refractivity contribution >= 4 is 17.5 Å². The number of Topliss-reactive ketones (excluding diaryl/α,β-unsaturated/α-hetero) is 1. The monoisotopic (exact) mass is 289 g/mol. The number of aryl methyl sites for hydroxylation is 1. The zero-order valence-electron chi connectivity index (χ0n) is 12.3. The lowest BCUT2D eigenvalue weighted by Crippen LogP contribution is -2.08. The summed E-state index contributed by atoms with van der Waals surface area (Å²) in [5, 5.41) is 0.638. The second-order valence-electron chi connectivity index (χ2n) is 4.99. The van der Waals surface area contributed by atoms with Gasteiger partial charge in [0, 0.05) is 35.4 Å². The van der Waals surface area contributed by atoms with Crippen LogP contribution in [0.15, 0.2) is 29.7 Å². The lowest BCUT2D eigenvalue weighted by molar-refractivity contribution is 0.102. The van der Waals surface area contributed by atoms with Crippen LogP contribution in [0, 0.1) is 13.8 Å². The highest BCUT2D eigenvalue weighted by molar-refractivity contribution is 7.99. The Morgan fingerprint density at radius 2 is 1.95 bits per heavy atom. The first-order chi connectivity index (χ1) is 9.50. The van der Waals surface area contributed by atoms with Crippen molar-refractivity contribution in [2.24, 2.45) is 0 Å². The summed E-state index contributed by atoms with van der Waals surface area (Å²) in [6.07, 6.45) is 3.37. The van der Waals surface area contributed by atoms with E-state index in [1.54, 1.807) is 18.5 Å². The van der Waals surface area contributed by atoms with Gasteiger partial charge in [0.2, 0.25) is 0 Å². The Morgan fingerprint density at radius 3 is 2.50 bits per heavy atom. The van der Waals surface area contributed by atoms with Crippen molar-refractivity contribution in [1.29, 1.82) is 0 Å². The number of rotatable bonds is 5. The summed E-state index contributed by atoms with van der Waals surface area (Å²) in [7, 11) is 0. The van der Waals surface area contributed by atoms with Crippen LogP contribution in [0.4, 0.5) is 0 Å². The lowest BCUT2D eigenvalue weighted by Gasteiger charge is -2.13. The van der Waals surface area contributed by atoms with Gasteiger partial charge in [-0.25, -0.2) is 9.97 Å². The first-order valence-electron chi connectivity index (χ1n) is 6.62. The van der Waals surface area contributed by atoms with Crippen molar-refractivity contribution in [2.75, 3.05) is 5.75 Å². The molecule has 0 N–H and O–H groups in total. The number of hydrogen-bond donors (Lipinski definition) is 0. The Hall–Kier alpha value is -1.62. The number of hydrogen-bond acceptors (Lipinski definition) is 4. The van der Waals surface area contributed by atoms with Crippen LogP contribution in [0.2, 0.25) is 0 Å². The van der Waals surface area contributed by atoms with E-state index in [1.165, 1.54) is 11.8 Å². The highest BCUT2D eigenvalue weighted by Gasteiger charge is 2.17. The van der Waals surface area contributed by atoms with Crippen LogP contribution in [-0.4, -0.2) is 26.1 Å². The Balaban J connectivity index is 2.12. The maximum Gasteiger partial charge on any atom is 0.187 e. The zero-order chi connectivity index (χ0) is 14.7. The average Bonchev–Trinajstić information content (AvgIpc) is 2.72. The molecule has 2 aromatic rings. The molecule has 0 unspecified atom stereocenters. The third kappa shape index (κ3) is 3.10. The molecule has 0 aliphatic carbocycles. The van der Waals surface area contributed by atoms with E-state index in [1.807, 2.05) is 19.9 Å². The summed E-state index contributed by atoms with van der Waals surface area (Å²) >= 11 is 1.37. The van der Waals surface area contributed by atoms with Crippen LogP contribution in [0.5, 0.6) is 0 Å². The van der Waals surface area contributed by atoms with Gasteiger partial charge in [0.05, 0.1) is 5.75 Å². The topological polar surface area (TPSA) is 47.8 Å². The molecule has 2 heterocycles. The quantitative estimate of drug-likeness (QED) is 0.480. The molecule has 0 saturated heterocycles. The van der Waals surface area contributed by atoms with Gasteiger partial charge in [-0.15, -0.1) is 0 Å². The molecule has 4 nitrogen and oxygen atoms in total. The molecule has 0 spiro atoms. The first-order valence-corrected chi connectivity index (χ1v) is 7.60. The Morgan fingerprint density at radius 1 is 1.30 bits per heavy atom. The van der Waals surface area contributed by atoms with Crippen molar-refractivity contribution < 1.29 is 4.79 Å². The first kappa shape index (κ1) is 14.8. The number of aromatic nitrogens is 3. The van der Waals surface area contributed by atoms with Crippen molar-refractivity contribution in [3.05, 3.63) is 41.5 Å². The van der Waals surface area contributed by atoms with E-state index in [0.717, 1.165) is 17.0 Å². The second-order valence-corrected chi connectivity index (χ2v) is 5.93. The molecule has 0 radical (unpaired) electrons. The van der Waals surface area contributed by atoms with Crippen LogP contribution < -0.4 is 0 Å². The van der Waals surface area contributed by atoms with Crippen molar-refractivity contribution in [3.63, 3.8) is 0 Å². The van der Waals surface area contributed by atoms with Gasteiger partial charge in [-0.3, -0.25) is 4.79 Å². The molecular weight excluding hydrogens is 270 g/mol. The Kier molecular flexibility index (Phi) is 4.60. The van der Waals surface area contributed by atoms with Gasteiger partial charge in [-0.2, -0.15) is 0 Å². The molecule has 0 bridgehead atoms. The normalized spacial score (nSPS) is 11.1. The van der Waals surface area contributed by atoms with E-state index in [9.17, 15) is 4.79 Å². The predicted molar refractivity (Wildman–Crippen MR) is 81.4 cm³/mol. The Bertz CT molecular complexity index is 605. The molecule has 0 atom stereocenters. The zero-order valence-corrected chi connectivity index (χ0v) is 13.1. The molecule has 106 valence electrons. The third-order valence-electron chi connectivity index (χ3n) is 3.18. The van der Waals surface area contributed by atoms with Gasteiger partial charge in [-0.05, 0) is 39.8 Å². The van der Waals surface area contributed by atoms with Crippen molar-refractivity contribution in [1.82, 2.24) is 14.5 Å². The van der Waals surface area contributed by atoms with Crippen molar-refractivity contribution in [3.8, 4) is 0 Å². The van der Waals surface area contributed by atoms with Gasteiger partial charge >= 0.3 is 0 Å². The fourth-order valence-corrected chi connectivity index (χ4v) is 3.11. The van der Waals surface area contributed by atoms with Gasteiger partial charge in [0.25, 0.3) is 0 Å². The maximum absolute atomic E-state index is 12.3. The summed E-state index contributed by atoms with van der Waals surface area (Å²) in [6, 6.07) is 4.10. The number of carbonyl (C=O) groups is 1. The van der Waals surface area contributed by atoms with E-state index in [4.69, 9.17) is 0 Å². The van der Waals surface area contributed by atoms with Crippen LogP contribution in [0.1, 0.15) is 41.6 Å². The van der Waals surface area contributed by atoms with E-state index < -0.39 is 0 Å². The standard InChI is InChI=1S/C15H19N3OS/c1-10(2)18-11(3)8-13(12(18)4)14(19)9-20-15-16-6-5-7-17-15/h5-8,10H,9H2,1-4H3. The minimum Gasteiger partial charge on any atom is -0.346 e. The lowest BCUT2D eigenvalue weighted by atomic mass is 10.2. The van der Waals surface area contributed by atoms with Gasteiger partial charge in [0.15, 0.2) is 10.9 Å². The van der Waals surface area contributed by atoms with Crippen LogP contribution in [0.25, 0.3) is 0 Å².